The number of ketones is 1. The Kier molecular flexibility index (Phi) is 4.89. The van der Waals surface area contributed by atoms with Crippen LogP contribution in [0.4, 0.5) is 0 Å². The third-order valence-corrected chi connectivity index (χ3v) is 3.38. The Labute approximate surface area is 125 Å². The van der Waals surface area contributed by atoms with Crippen LogP contribution >= 0.6 is 15.9 Å². The van der Waals surface area contributed by atoms with Crippen LogP contribution in [0, 0.1) is 0 Å². The van der Waals surface area contributed by atoms with Crippen molar-refractivity contribution in [2.75, 3.05) is 7.11 Å². The summed E-state index contributed by atoms with van der Waals surface area (Å²) in [7, 11) is 1.60. The molecule has 0 saturated heterocycles. The summed E-state index contributed by atoms with van der Waals surface area (Å²) in [6.45, 7) is 1.96. The zero-order valence-corrected chi connectivity index (χ0v) is 12.9. The van der Waals surface area contributed by atoms with Gasteiger partial charge in [-0.05, 0) is 40.5 Å². The Bertz CT molecular complexity index is 610. The molecule has 2 rings (SSSR count). The number of hydrogen-bond donors (Lipinski definition) is 0. The number of ether oxygens (including phenoxy) is 1. The van der Waals surface area contributed by atoms with Crippen LogP contribution in [0.2, 0.25) is 0 Å². The summed E-state index contributed by atoms with van der Waals surface area (Å²) in [4.78, 5) is 15.8. The molecule has 0 spiro atoms. The number of aromatic nitrogens is 2. The van der Waals surface area contributed by atoms with Crippen molar-refractivity contribution in [3.63, 3.8) is 0 Å². The van der Waals surface area contributed by atoms with Crippen LogP contribution in [0.5, 0.6) is 5.75 Å². The minimum absolute atomic E-state index is 0.110. The molecule has 0 fully saturated rings. The smallest absolute Gasteiger partial charge is 0.234 e. The molecule has 1 aromatic heterocycles. The van der Waals surface area contributed by atoms with Gasteiger partial charge in [0.2, 0.25) is 11.7 Å². The maximum absolute atomic E-state index is 11.5. The summed E-state index contributed by atoms with van der Waals surface area (Å²) in [5, 5.41) is 3.90. The van der Waals surface area contributed by atoms with E-state index in [2.05, 4.69) is 26.1 Å². The van der Waals surface area contributed by atoms with Gasteiger partial charge < -0.3 is 9.26 Å². The predicted molar refractivity (Wildman–Crippen MR) is 77.6 cm³/mol. The highest BCUT2D eigenvalue weighted by molar-refractivity contribution is 9.10. The largest absolute Gasteiger partial charge is 0.496 e. The molecule has 1 heterocycles. The Morgan fingerprint density at radius 3 is 2.90 bits per heavy atom. The van der Waals surface area contributed by atoms with Crippen molar-refractivity contribution >= 4 is 21.7 Å². The van der Waals surface area contributed by atoms with Crippen LogP contribution in [-0.4, -0.2) is 23.0 Å². The average molecular weight is 339 g/mol. The van der Waals surface area contributed by atoms with Crippen molar-refractivity contribution in [2.24, 2.45) is 0 Å². The first-order valence-corrected chi connectivity index (χ1v) is 7.11. The van der Waals surface area contributed by atoms with Crippen LogP contribution in [0.1, 0.15) is 25.7 Å². The normalized spacial score (nSPS) is 10.6. The first-order valence-electron chi connectivity index (χ1n) is 6.32. The second-order valence-electron chi connectivity index (χ2n) is 4.33. The molecule has 0 bridgehead atoms. The molecule has 6 heteroatoms. The topological polar surface area (TPSA) is 65.2 Å². The van der Waals surface area contributed by atoms with E-state index in [0.29, 0.717) is 18.1 Å². The van der Waals surface area contributed by atoms with Gasteiger partial charge in [-0.25, -0.2) is 0 Å². The van der Waals surface area contributed by atoms with E-state index in [1.807, 2.05) is 25.1 Å². The highest BCUT2D eigenvalue weighted by atomic mass is 79.9. The number of nitrogens with zero attached hydrogens (tertiary/aromatic N) is 2. The lowest BCUT2D eigenvalue weighted by molar-refractivity contribution is -0.118. The van der Waals surface area contributed by atoms with E-state index in [1.54, 1.807) is 7.11 Å². The Hall–Kier alpha value is -1.69. The van der Waals surface area contributed by atoms with Gasteiger partial charge in [0.15, 0.2) is 0 Å². The van der Waals surface area contributed by atoms with Gasteiger partial charge in [-0.1, -0.05) is 12.1 Å². The van der Waals surface area contributed by atoms with Gasteiger partial charge in [-0.2, -0.15) is 4.98 Å². The molecule has 0 aliphatic rings. The summed E-state index contributed by atoms with van der Waals surface area (Å²) < 4.78 is 11.1. The fourth-order valence-corrected chi connectivity index (χ4v) is 2.33. The van der Waals surface area contributed by atoms with Crippen molar-refractivity contribution < 1.29 is 14.1 Å². The number of halogens is 1. The zero-order valence-electron chi connectivity index (χ0n) is 11.4. The number of methoxy groups -OCH3 is 1. The van der Waals surface area contributed by atoms with Crippen molar-refractivity contribution in [1.82, 2.24) is 10.1 Å². The summed E-state index contributed by atoms with van der Waals surface area (Å²) in [5.74, 6) is 1.66. The molecule has 106 valence electrons. The predicted octanol–water partition coefficient (Wildman–Crippen LogP) is 3.42. The lowest BCUT2D eigenvalue weighted by Gasteiger charge is -2.03. The Balaban J connectivity index is 2.16. The lowest BCUT2D eigenvalue weighted by Crippen LogP contribution is -2.01. The fraction of sp³-hybridized carbons (Fsp3) is 0.357. The molecule has 0 N–H and O–H groups in total. The SMILES string of the molecule is CCCC(=O)Cc1nc(-c2ccc(OC)c(Br)c2)no1. The van der Waals surface area contributed by atoms with Gasteiger partial charge in [0.25, 0.3) is 0 Å². The Morgan fingerprint density at radius 1 is 1.45 bits per heavy atom. The number of carbonyl (C=O) groups excluding carboxylic acids is 1. The first kappa shape index (κ1) is 14.7. The second kappa shape index (κ2) is 6.65. The number of hydrogen-bond acceptors (Lipinski definition) is 5. The van der Waals surface area contributed by atoms with Crippen LogP contribution in [0.25, 0.3) is 11.4 Å². The fourth-order valence-electron chi connectivity index (χ4n) is 1.79. The Morgan fingerprint density at radius 2 is 2.25 bits per heavy atom. The number of benzene rings is 1. The number of carbonyl (C=O) groups is 1. The molecule has 0 unspecified atom stereocenters. The van der Waals surface area contributed by atoms with Crippen LogP contribution in [-0.2, 0) is 11.2 Å². The summed E-state index contributed by atoms with van der Waals surface area (Å²) in [6.07, 6.45) is 1.55. The molecule has 1 aromatic carbocycles. The minimum Gasteiger partial charge on any atom is -0.496 e. The number of rotatable bonds is 6. The monoisotopic (exact) mass is 338 g/mol. The van der Waals surface area contributed by atoms with Crippen molar-refractivity contribution in [3.05, 3.63) is 28.6 Å². The molecule has 0 aliphatic carbocycles. The molecular weight excluding hydrogens is 324 g/mol. The first-order chi connectivity index (χ1) is 9.63. The molecular formula is C14H15BrN2O3. The molecule has 20 heavy (non-hydrogen) atoms. The van der Waals surface area contributed by atoms with E-state index in [0.717, 1.165) is 22.2 Å². The van der Waals surface area contributed by atoms with Gasteiger partial charge in [0, 0.05) is 12.0 Å². The van der Waals surface area contributed by atoms with E-state index >= 15 is 0 Å². The standard InChI is InChI=1S/C14H15BrN2O3/c1-3-4-10(18)8-13-16-14(17-20-13)9-5-6-12(19-2)11(15)7-9/h5-7H,3-4,8H2,1-2H3. The minimum atomic E-state index is 0.110. The van der Waals surface area contributed by atoms with Crippen molar-refractivity contribution in [2.45, 2.75) is 26.2 Å². The molecule has 5 nitrogen and oxygen atoms in total. The molecule has 0 aliphatic heterocycles. The van der Waals surface area contributed by atoms with Gasteiger partial charge in [0.1, 0.15) is 11.5 Å². The average Bonchev–Trinajstić information content (AvgIpc) is 2.87. The highest BCUT2D eigenvalue weighted by Gasteiger charge is 2.13. The van der Waals surface area contributed by atoms with E-state index < -0.39 is 0 Å². The lowest BCUT2D eigenvalue weighted by atomic mass is 10.2. The van der Waals surface area contributed by atoms with Crippen molar-refractivity contribution in [3.8, 4) is 17.1 Å². The van der Waals surface area contributed by atoms with Crippen LogP contribution in [0.15, 0.2) is 27.2 Å². The second-order valence-corrected chi connectivity index (χ2v) is 5.18. The third-order valence-electron chi connectivity index (χ3n) is 2.76. The quantitative estimate of drug-likeness (QED) is 0.807. The molecule has 0 saturated carbocycles. The van der Waals surface area contributed by atoms with Crippen molar-refractivity contribution in [1.29, 1.82) is 0 Å². The zero-order chi connectivity index (χ0) is 14.5. The van der Waals surface area contributed by atoms with Crippen LogP contribution < -0.4 is 4.74 Å². The molecule has 0 atom stereocenters. The van der Waals surface area contributed by atoms with Gasteiger partial charge in [-0.15, -0.1) is 0 Å². The number of Topliss-reactive ketones (excluding diaryl/α,β-unsaturated/α-hetero) is 1. The van der Waals surface area contributed by atoms with Gasteiger partial charge in [-0.3, -0.25) is 4.79 Å². The van der Waals surface area contributed by atoms with E-state index in [1.165, 1.54) is 0 Å². The third kappa shape index (κ3) is 3.45. The van der Waals surface area contributed by atoms with Crippen LogP contribution in [0.3, 0.4) is 0 Å². The van der Waals surface area contributed by atoms with E-state index in [-0.39, 0.29) is 12.2 Å². The highest BCUT2D eigenvalue weighted by Crippen LogP contribution is 2.29. The maximum atomic E-state index is 11.5. The molecule has 0 radical (unpaired) electrons. The van der Waals surface area contributed by atoms with E-state index in [4.69, 9.17) is 9.26 Å². The maximum Gasteiger partial charge on any atom is 0.234 e. The molecule has 0 amide bonds. The van der Waals surface area contributed by atoms with Gasteiger partial charge in [0.05, 0.1) is 18.0 Å². The summed E-state index contributed by atoms with van der Waals surface area (Å²) in [5.41, 5.74) is 0.801. The molecule has 2 aromatic rings. The summed E-state index contributed by atoms with van der Waals surface area (Å²) in [6, 6.07) is 5.51. The summed E-state index contributed by atoms with van der Waals surface area (Å²) >= 11 is 3.41. The van der Waals surface area contributed by atoms with Gasteiger partial charge >= 0.3 is 0 Å². The van der Waals surface area contributed by atoms with E-state index in [9.17, 15) is 4.79 Å².